The highest BCUT2D eigenvalue weighted by molar-refractivity contribution is 5.69. The summed E-state index contributed by atoms with van der Waals surface area (Å²) in [7, 11) is 0. The summed E-state index contributed by atoms with van der Waals surface area (Å²) >= 11 is 0. The molecule has 6 nitrogen and oxygen atoms in total. The summed E-state index contributed by atoms with van der Waals surface area (Å²) in [6.07, 6.45) is 5.92. The molecule has 0 fully saturated rings. The summed E-state index contributed by atoms with van der Waals surface area (Å²) in [4.78, 5) is 16.1. The Labute approximate surface area is 122 Å². The highest BCUT2D eigenvalue weighted by Gasteiger charge is 2.07. The van der Waals surface area contributed by atoms with E-state index in [0.717, 1.165) is 17.0 Å². The second kappa shape index (κ2) is 5.78. The average molecular weight is 284 g/mol. The zero-order chi connectivity index (χ0) is 14.7. The molecule has 6 heteroatoms. The van der Waals surface area contributed by atoms with E-state index in [0.29, 0.717) is 13.0 Å². The standard InChI is InChI=1S/C15H16N4O2/c1-12-5-8-19(17-12)9-6-15(20)21-11-13-10-18-7-3-2-4-14(18)16-13/h2-5,7-8,10H,6,9,11H2,1H3. The molecule has 3 aromatic rings. The Bertz CT molecular complexity index is 727. The number of aryl methyl sites for hydroxylation is 2. The largest absolute Gasteiger partial charge is 0.459 e. The fourth-order valence-electron chi connectivity index (χ4n) is 2.08. The van der Waals surface area contributed by atoms with E-state index in [-0.39, 0.29) is 12.6 Å². The van der Waals surface area contributed by atoms with Gasteiger partial charge in [-0.1, -0.05) is 6.07 Å². The van der Waals surface area contributed by atoms with Crippen LogP contribution in [-0.4, -0.2) is 25.1 Å². The molecule has 0 saturated carbocycles. The van der Waals surface area contributed by atoms with Crippen molar-refractivity contribution in [3.8, 4) is 0 Å². The molecule has 0 saturated heterocycles. The molecule has 108 valence electrons. The minimum Gasteiger partial charge on any atom is -0.459 e. The maximum Gasteiger partial charge on any atom is 0.308 e. The highest BCUT2D eigenvalue weighted by atomic mass is 16.5. The normalized spacial score (nSPS) is 10.9. The second-order valence-electron chi connectivity index (χ2n) is 4.83. The first-order valence-electron chi connectivity index (χ1n) is 6.79. The molecule has 21 heavy (non-hydrogen) atoms. The minimum absolute atomic E-state index is 0.193. The number of imidazole rings is 1. The minimum atomic E-state index is -0.250. The zero-order valence-corrected chi connectivity index (χ0v) is 11.8. The Kier molecular flexibility index (Phi) is 3.68. The van der Waals surface area contributed by atoms with Gasteiger partial charge in [0.2, 0.25) is 0 Å². The molecule has 0 N–H and O–H groups in total. The van der Waals surface area contributed by atoms with Crippen LogP contribution in [0, 0.1) is 6.92 Å². The fourth-order valence-corrected chi connectivity index (χ4v) is 2.08. The number of hydrogen-bond donors (Lipinski definition) is 0. The molecule has 0 radical (unpaired) electrons. The Balaban J connectivity index is 1.51. The Morgan fingerprint density at radius 3 is 2.95 bits per heavy atom. The molecular weight excluding hydrogens is 268 g/mol. The number of hydrogen-bond acceptors (Lipinski definition) is 4. The number of carbonyl (C=O) groups excluding carboxylic acids is 1. The number of pyridine rings is 1. The van der Waals surface area contributed by atoms with Crippen molar-refractivity contribution in [1.82, 2.24) is 19.2 Å². The lowest BCUT2D eigenvalue weighted by Gasteiger charge is -2.03. The van der Waals surface area contributed by atoms with Crippen molar-refractivity contribution in [3.05, 3.63) is 54.2 Å². The summed E-state index contributed by atoms with van der Waals surface area (Å²) in [6.45, 7) is 2.63. The van der Waals surface area contributed by atoms with Crippen LogP contribution in [0.1, 0.15) is 17.8 Å². The van der Waals surface area contributed by atoms with Crippen molar-refractivity contribution in [1.29, 1.82) is 0 Å². The number of ether oxygens (including phenoxy) is 1. The van der Waals surface area contributed by atoms with E-state index in [4.69, 9.17) is 4.74 Å². The molecule has 0 aliphatic heterocycles. The lowest BCUT2D eigenvalue weighted by molar-refractivity contribution is -0.145. The van der Waals surface area contributed by atoms with Gasteiger partial charge in [0, 0.05) is 18.6 Å². The van der Waals surface area contributed by atoms with Crippen LogP contribution in [0.2, 0.25) is 0 Å². The number of rotatable bonds is 5. The quantitative estimate of drug-likeness (QED) is 0.672. The topological polar surface area (TPSA) is 61.4 Å². The molecule has 3 aromatic heterocycles. The van der Waals surface area contributed by atoms with Crippen molar-refractivity contribution >= 4 is 11.6 Å². The molecule has 0 aliphatic rings. The predicted molar refractivity (Wildman–Crippen MR) is 76.6 cm³/mol. The molecule has 0 atom stereocenters. The van der Waals surface area contributed by atoms with Crippen LogP contribution in [0.15, 0.2) is 42.9 Å². The molecule has 0 spiro atoms. The van der Waals surface area contributed by atoms with Crippen LogP contribution in [0.3, 0.4) is 0 Å². The van der Waals surface area contributed by atoms with Crippen LogP contribution >= 0.6 is 0 Å². The van der Waals surface area contributed by atoms with E-state index < -0.39 is 0 Å². The fraction of sp³-hybridized carbons (Fsp3) is 0.267. The molecule has 3 rings (SSSR count). The first kappa shape index (κ1) is 13.4. The highest BCUT2D eigenvalue weighted by Crippen LogP contribution is 2.06. The van der Waals surface area contributed by atoms with Crippen LogP contribution < -0.4 is 0 Å². The summed E-state index contributed by atoms with van der Waals surface area (Å²) in [5, 5.41) is 4.22. The monoisotopic (exact) mass is 284 g/mol. The van der Waals surface area contributed by atoms with Gasteiger partial charge in [0.05, 0.1) is 24.4 Å². The van der Waals surface area contributed by atoms with Gasteiger partial charge >= 0.3 is 5.97 Å². The van der Waals surface area contributed by atoms with E-state index in [2.05, 4.69) is 10.1 Å². The van der Waals surface area contributed by atoms with Crippen LogP contribution in [0.4, 0.5) is 0 Å². The predicted octanol–water partition coefficient (Wildman–Crippen LogP) is 1.97. The maximum absolute atomic E-state index is 11.7. The number of nitrogens with zero attached hydrogens (tertiary/aromatic N) is 4. The second-order valence-corrected chi connectivity index (χ2v) is 4.83. The maximum atomic E-state index is 11.7. The van der Waals surface area contributed by atoms with Crippen molar-refractivity contribution in [2.24, 2.45) is 0 Å². The third-order valence-corrected chi connectivity index (χ3v) is 3.11. The van der Waals surface area contributed by atoms with Crippen molar-refractivity contribution in [2.75, 3.05) is 0 Å². The summed E-state index contributed by atoms with van der Waals surface area (Å²) < 4.78 is 8.87. The Hall–Kier alpha value is -2.63. The van der Waals surface area contributed by atoms with E-state index in [1.807, 2.05) is 54.2 Å². The molecule has 0 unspecified atom stereocenters. The van der Waals surface area contributed by atoms with Crippen molar-refractivity contribution < 1.29 is 9.53 Å². The molecular formula is C15H16N4O2. The molecule has 0 aliphatic carbocycles. The van der Waals surface area contributed by atoms with Gasteiger partial charge in [0.25, 0.3) is 0 Å². The van der Waals surface area contributed by atoms with E-state index in [1.165, 1.54) is 0 Å². The number of aromatic nitrogens is 4. The molecule has 0 bridgehead atoms. The van der Waals surface area contributed by atoms with Gasteiger partial charge in [0.1, 0.15) is 12.3 Å². The first-order valence-corrected chi connectivity index (χ1v) is 6.79. The van der Waals surface area contributed by atoms with Gasteiger partial charge in [0.15, 0.2) is 0 Å². The van der Waals surface area contributed by atoms with Gasteiger partial charge in [-0.2, -0.15) is 5.10 Å². The number of esters is 1. The lowest BCUT2D eigenvalue weighted by atomic mass is 10.4. The third-order valence-electron chi connectivity index (χ3n) is 3.11. The van der Waals surface area contributed by atoms with Gasteiger partial charge < -0.3 is 9.14 Å². The van der Waals surface area contributed by atoms with Crippen LogP contribution in [-0.2, 0) is 22.7 Å². The summed E-state index contributed by atoms with van der Waals surface area (Å²) in [6, 6.07) is 7.66. The smallest absolute Gasteiger partial charge is 0.308 e. The number of carbonyl (C=O) groups is 1. The van der Waals surface area contributed by atoms with Crippen molar-refractivity contribution in [3.63, 3.8) is 0 Å². The van der Waals surface area contributed by atoms with Gasteiger partial charge in [-0.15, -0.1) is 0 Å². The average Bonchev–Trinajstić information content (AvgIpc) is 3.08. The van der Waals surface area contributed by atoms with Crippen molar-refractivity contribution in [2.45, 2.75) is 26.5 Å². The summed E-state index contributed by atoms with van der Waals surface area (Å²) in [5.41, 5.74) is 2.52. The molecule has 0 aromatic carbocycles. The van der Waals surface area contributed by atoms with E-state index in [1.54, 1.807) is 4.68 Å². The zero-order valence-electron chi connectivity index (χ0n) is 11.8. The molecule has 3 heterocycles. The number of fused-ring (bicyclic) bond motifs is 1. The summed E-state index contributed by atoms with van der Waals surface area (Å²) in [5.74, 6) is -0.250. The Morgan fingerprint density at radius 1 is 1.29 bits per heavy atom. The molecule has 0 amide bonds. The first-order chi connectivity index (χ1) is 10.2. The van der Waals surface area contributed by atoms with E-state index in [9.17, 15) is 4.79 Å². The third kappa shape index (κ3) is 3.28. The van der Waals surface area contributed by atoms with Gasteiger partial charge in [-0.3, -0.25) is 9.48 Å². The SMILES string of the molecule is Cc1ccn(CCC(=O)OCc2cn3ccccc3n2)n1. The lowest BCUT2D eigenvalue weighted by Crippen LogP contribution is -2.09. The van der Waals surface area contributed by atoms with Gasteiger partial charge in [-0.05, 0) is 25.1 Å². The van der Waals surface area contributed by atoms with Crippen LogP contribution in [0.25, 0.3) is 5.65 Å². The van der Waals surface area contributed by atoms with E-state index >= 15 is 0 Å². The van der Waals surface area contributed by atoms with Crippen LogP contribution in [0.5, 0.6) is 0 Å². The Morgan fingerprint density at radius 2 is 2.19 bits per heavy atom. The van der Waals surface area contributed by atoms with Gasteiger partial charge in [-0.25, -0.2) is 4.98 Å².